The molecule has 2 aliphatic heterocycles. The zero-order chi connectivity index (χ0) is 7.78. The van der Waals surface area contributed by atoms with Crippen molar-refractivity contribution in [1.29, 1.82) is 0 Å². The summed E-state index contributed by atoms with van der Waals surface area (Å²) in [4.78, 5) is 3.74. The summed E-state index contributed by atoms with van der Waals surface area (Å²) in [5.74, 6) is 2.83. The molecule has 2 rings (SSSR count). The summed E-state index contributed by atoms with van der Waals surface area (Å²) in [6.45, 7) is 1.62. The van der Waals surface area contributed by atoms with Crippen molar-refractivity contribution < 1.29 is 4.74 Å². The minimum Gasteiger partial charge on any atom is -0.482 e. The summed E-state index contributed by atoms with van der Waals surface area (Å²) in [5.41, 5.74) is 0. The van der Waals surface area contributed by atoms with Gasteiger partial charge in [-0.15, -0.1) is 0 Å². The predicted octanol–water partition coefficient (Wildman–Crippen LogP) is 1.95. The second-order valence-corrected chi connectivity index (χ2v) is 3.78. The minimum absolute atomic E-state index is 0.778. The lowest BCUT2D eigenvalue weighted by Gasteiger charge is -2.05. The molecule has 0 aromatic rings. The van der Waals surface area contributed by atoms with Crippen LogP contribution in [0.3, 0.4) is 0 Å². The standard InChI is InChI=1S/C5H10S.C3H5NO/c1-2-4-6-5-3-1;1-2-5-3-4-1/h1-5H2;3H,1-2H2. The molecule has 1 saturated heterocycles. The Morgan fingerprint density at radius 2 is 2.00 bits per heavy atom. The molecule has 64 valence electrons. The second kappa shape index (κ2) is 6.53. The van der Waals surface area contributed by atoms with Gasteiger partial charge in [-0.25, -0.2) is 0 Å². The van der Waals surface area contributed by atoms with Crippen LogP contribution in [0.25, 0.3) is 0 Å². The van der Waals surface area contributed by atoms with Gasteiger partial charge in [0.2, 0.25) is 0 Å². The van der Waals surface area contributed by atoms with Crippen molar-refractivity contribution in [2.24, 2.45) is 4.99 Å². The molecule has 2 heterocycles. The van der Waals surface area contributed by atoms with E-state index in [4.69, 9.17) is 0 Å². The fourth-order valence-corrected chi connectivity index (χ4v) is 1.97. The largest absolute Gasteiger partial charge is 0.482 e. The fourth-order valence-electron chi connectivity index (χ4n) is 0.951. The number of ether oxygens (including phenoxy) is 1. The molecule has 0 unspecified atom stereocenters. The summed E-state index contributed by atoms with van der Waals surface area (Å²) in [6, 6.07) is 0. The zero-order valence-electron chi connectivity index (χ0n) is 6.79. The molecule has 2 aliphatic rings. The third-order valence-electron chi connectivity index (χ3n) is 1.56. The second-order valence-electron chi connectivity index (χ2n) is 2.56. The number of hydrogen-bond donors (Lipinski definition) is 0. The van der Waals surface area contributed by atoms with Gasteiger partial charge in [0.25, 0.3) is 0 Å². The van der Waals surface area contributed by atoms with E-state index in [9.17, 15) is 0 Å². The molecule has 0 aliphatic carbocycles. The van der Waals surface area contributed by atoms with Crippen molar-refractivity contribution in [3.8, 4) is 0 Å². The average Bonchev–Trinajstić information content (AvgIpc) is 2.64. The minimum atomic E-state index is 0.778. The average molecular weight is 173 g/mol. The van der Waals surface area contributed by atoms with Gasteiger partial charge in [0, 0.05) is 0 Å². The molecule has 0 atom stereocenters. The van der Waals surface area contributed by atoms with E-state index in [-0.39, 0.29) is 0 Å². The van der Waals surface area contributed by atoms with Crippen LogP contribution in [0.15, 0.2) is 4.99 Å². The van der Waals surface area contributed by atoms with E-state index in [2.05, 4.69) is 21.5 Å². The van der Waals surface area contributed by atoms with Gasteiger partial charge in [-0.3, -0.25) is 4.99 Å². The SMILES string of the molecule is C1=NCCO1.C1CCSCC1. The van der Waals surface area contributed by atoms with Crippen LogP contribution in [-0.4, -0.2) is 31.1 Å². The molecule has 1 fully saturated rings. The van der Waals surface area contributed by atoms with Crippen LogP contribution in [0.2, 0.25) is 0 Å². The van der Waals surface area contributed by atoms with E-state index in [1.165, 1.54) is 37.2 Å². The van der Waals surface area contributed by atoms with Crippen molar-refractivity contribution in [2.45, 2.75) is 19.3 Å². The number of nitrogens with zero attached hydrogens (tertiary/aromatic N) is 1. The molecule has 0 aromatic carbocycles. The van der Waals surface area contributed by atoms with Crippen molar-refractivity contribution in [2.75, 3.05) is 24.7 Å². The molecule has 0 N–H and O–H groups in total. The Balaban J connectivity index is 0.000000112. The van der Waals surface area contributed by atoms with Crippen LogP contribution in [0.5, 0.6) is 0 Å². The Hall–Kier alpha value is -0.180. The first-order chi connectivity index (χ1) is 5.50. The number of rotatable bonds is 0. The quantitative estimate of drug-likeness (QED) is 0.558. The van der Waals surface area contributed by atoms with Crippen LogP contribution >= 0.6 is 11.8 Å². The molecule has 0 amide bonds. The van der Waals surface area contributed by atoms with Crippen LogP contribution in [0.1, 0.15) is 19.3 Å². The topological polar surface area (TPSA) is 21.6 Å². The Morgan fingerprint density at radius 3 is 2.18 bits per heavy atom. The first-order valence-electron chi connectivity index (χ1n) is 4.18. The van der Waals surface area contributed by atoms with E-state index in [0.29, 0.717) is 0 Å². The molecule has 3 heteroatoms. The fraction of sp³-hybridized carbons (Fsp3) is 0.875. The Labute approximate surface area is 72.4 Å². The summed E-state index contributed by atoms with van der Waals surface area (Å²) in [7, 11) is 0. The van der Waals surface area contributed by atoms with Gasteiger partial charge < -0.3 is 4.74 Å². The molecule has 0 radical (unpaired) electrons. The van der Waals surface area contributed by atoms with Crippen molar-refractivity contribution in [3.63, 3.8) is 0 Å². The molecular weight excluding hydrogens is 158 g/mol. The molecule has 0 aromatic heterocycles. The van der Waals surface area contributed by atoms with Gasteiger partial charge in [0.1, 0.15) is 6.61 Å². The third kappa shape index (κ3) is 5.13. The van der Waals surface area contributed by atoms with Crippen LogP contribution in [0.4, 0.5) is 0 Å². The maximum atomic E-state index is 4.65. The normalized spacial score (nSPS) is 21.8. The van der Waals surface area contributed by atoms with Crippen molar-refractivity contribution in [3.05, 3.63) is 0 Å². The van der Waals surface area contributed by atoms with Gasteiger partial charge in [0.15, 0.2) is 6.40 Å². The highest BCUT2D eigenvalue weighted by atomic mass is 32.2. The van der Waals surface area contributed by atoms with Crippen LogP contribution < -0.4 is 0 Å². The van der Waals surface area contributed by atoms with Crippen LogP contribution in [-0.2, 0) is 4.74 Å². The monoisotopic (exact) mass is 173 g/mol. The maximum absolute atomic E-state index is 4.65. The van der Waals surface area contributed by atoms with Crippen molar-refractivity contribution in [1.82, 2.24) is 0 Å². The van der Waals surface area contributed by atoms with Gasteiger partial charge in [-0.1, -0.05) is 6.42 Å². The smallest absolute Gasteiger partial charge is 0.169 e. The highest BCUT2D eigenvalue weighted by molar-refractivity contribution is 7.99. The van der Waals surface area contributed by atoms with E-state index < -0.39 is 0 Å². The van der Waals surface area contributed by atoms with E-state index in [0.717, 1.165) is 13.2 Å². The number of aliphatic imine (C=N–C) groups is 1. The lowest BCUT2D eigenvalue weighted by atomic mass is 10.3. The Kier molecular flexibility index (Phi) is 5.29. The Morgan fingerprint density at radius 1 is 1.18 bits per heavy atom. The molecular formula is C8H15NOS. The summed E-state index contributed by atoms with van der Waals surface area (Å²) >= 11 is 2.09. The maximum Gasteiger partial charge on any atom is 0.169 e. The van der Waals surface area contributed by atoms with Gasteiger partial charge in [-0.05, 0) is 24.3 Å². The molecule has 0 spiro atoms. The molecule has 0 saturated carbocycles. The van der Waals surface area contributed by atoms with Gasteiger partial charge >= 0.3 is 0 Å². The summed E-state index contributed by atoms with van der Waals surface area (Å²) in [6.07, 6.45) is 5.89. The predicted molar refractivity (Wildman–Crippen MR) is 50.5 cm³/mol. The summed E-state index contributed by atoms with van der Waals surface area (Å²) < 4.78 is 4.65. The van der Waals surface area contributed by atoms with Crippen LogP contribution in [0, 0.1) is 0 Å². The number of hydrogen-bond acceptors (Lipinski definition) is 3. The van der Waals surface area contributed by atoms with E-state index >= 15 is 0 Å². The molecule has 2 nitrogen and oxygen atoms in total. The number of thioether (sulfide) groups is 1. The molecule has 0 bridgehead atoms. The third-order valence-corrected chi connectivity index (χ3v) is 2.72. The zero-order valence-corrected chi connectivity index (χ0v) is 7.61. The highest BCUT2D eigenvalue weighted by Crippen LogP contribution is 2.14. The highest BCUT2D eigenvalue weighted by Gasteiger charge is 1.95. The van der Waals surface area contributed by atoms with E-state index in [1.54, 1.807) is 0 Å². The summed E-state index contributed by atoms with van der Waals surface area (Å²) in [5, 5.41) is 0. The van der Waals surface area contributed by atoms with Crippen molar-refractivity contribution >= 4 is 18.2 Å². The first kappa shape index (κ1) is 8.91. The van der Waals surface area contributed by atoms with E-state index in [1.807, 2.05) is 0 Å². The van der Waals surface area contributed by atoms with Gasteiger partial charge in [0.05, 0.1) is 6.54 Å². The first-order valence-corrected chi connectivity index (χ1v) is 5.33. The lowest BCUT2D eigenvalue weighted by Crippen LogP contribution is -1.91. The lowest BCUT2D eigenvalue weighted by molar-refractivity contribution is 0.361. The van der Waals surface area contributed by atoms with Gasteiger partial charge in [-0.2, -0.15) is 11.8 Å². The molecule has 11 heavy (non-hydrogen) atoms. The Bertz CT molecular complexity index is 95.1.